The first-order chi connectivity index (χ1) is 8.85. The van der Waals surface area contributed by atoms with Crippen molar-refractivity contribution in [3.8, 4) is 0 Å². The van der Waals surface area contributed by atoms with Gasteiger partial charge in [-0.3, -0.25) is 4.79 Å². The summed E-state index contributed by atoms with van der Waals surface area (Å²) in [5, 5.41) is 2.33. The molecule has 2 rings (SSSR count). The minimum atomic E-state index is -3.03. The predicted molar refractivity (Wildman–Crippen MR) is 74.5 cm³/mol. The lowest BCUT2D eigenvalue weighted by Crippen LogP contribution is -2.46. The normalized spacial score (nSPS) is 34.2. The van der Waals surface area contributed by atoms with E-state index in [1.54, 1.807) is 7.05 Å². The fourth-order valence-electron chi connectivity index (χ4n) is 3.48. The van der Waals surface area contributed by atoms with Gasteiger partial charge in [0.15, 0.2) is 9.84 Å². The SMILES string of the molecule is CNC(=O)[C@H]1CCS(=O)(=O)[C@@H]2CN(CC(C)C)C[C@H]12. The van der Waals surface area contributed by atoms with Gasteiger partial charge in [-0.15, -0.1) is 0 Å². The maximum atomic E-state index is 12.2. The number of rotatable bonds is 3. The largest absolute Gasteiger partial charge is 0.359 e. The molecule has 0 aromatic rings. The van der Waals surface area contributed by atoms with Crippen LogP contribution in [-0.4, -0.2) is 56.9 Å². The molecule has 2 aliphatic rings. The van der Waals surface area contributed by atoms with E-state index in [9.17, 15) is 13.2 Å². The van der Waals surface area contributed by atoms with Crippen molar-refractivity contribution < 1.29 is 13.2 Å². The Balaban J connectivity index is 2.18. The Kier molecular flexibility index (Phi) is 4.20. The minimum absolute atomic E-state index is 0.00343. The number of nitrogens with zero attached hydrogens (tertiary/aromatic N) is 1. The van der Waals surface area contributed by atoms with Crippen molar-refractivity contribution in [2.45, 2.75) is 25.5 Å². The summed E-state index contributed by atoms with van der Waals surface area (Å²) in [5.41, 5.74) is 0. The van der Waals surface area contributed by atoms with Gasteiger partial charge < -0.3 is 10.2 Å². The number of hydrogen-bond donors (Lipinski definition) is 1. The lowest BCUT2D eigenvalue weighted by Gasteiger charge is -2.31. The molecule has 0 saturated carbocycles. The molecule has 0 bridgehead atoms. The molecule has 0 aliphatic carbocycles. The number of fused-ring (bicyclic) bond motifs is 1. The second kappa shape index (κ2) is 5.40. The fourth-order valence-corrected chi connectivity index (χ4v) is 5.61. The molecular weight excluding hydrogens is 264 g/mol. The Morgan fingerprint density at radius 1 is 1.37 bits per heavy atom. The maximum Gasteiger partial charge on any atom is 0.223 e. The third-order valence-electron chi connectivity index (χ3n) is 4.28. The number of carbonyl (C=O) groups is 1. The highest BCUT2D eigenvalue weighted by atomic mass is 32.2. The van der Waals surface area contributed by atoms with E-state index in [1.165, 1.54) is 0 Å². The Labute approximate surface area is 115 Å². The highest BCUT2D eigenvalue weighted by molar-refractivity contribution is 7.92. The van der Waals surface area contributed by atoms with E-state index in [1.807, 2.05) is 0 Å². The molecule has 2 aliphatic heterocycles. The van der Waals surface area contributed by atoms with Crippen LogP contribution in [0.2, 0.25) is 0 Å². The summed E-state index contributed by atoms with van der Waals surface area (Å²) in [7, 11) is -1.40. The van der Waals surface area contributed by atoms with E-state index in [0.29, 0.717) is 18.9 Å². The van der Waals surface area contributed by atoms with Crippen molar-refractivity contribution in [3.05, 3.63) is 0 Å². The van der Waals surface area contributed by atoms with Gasteiger partial charge in [0.05, 0.1) is 11.0 Å². The third-order valence-corrected chi connectivity index (χ3v) is 6.51. The van der Waals surface area contributed by atoms with Gasteiger partial charge in [0, 0.05) is 38.5 Å². The molecule has 1 N–H and O–H groups in total. The smallest absolute Gasteiger partial charge is 0.223 e. The highest BCUT2D eigenvalue weighted by Gasteiger charge is 2.50. The van der Waals surface area contributed by atoms with Crippen LogP contribution in [0.15, 0.2) is 0 Å². The van der Waals surface area contributed by atoms with Crippen LogP contribution in [0, 0.1) is 17.8 Å². The van der Waals surface area contributed by atoms with E-state index in [-0.39, 0.29) is 28.7 Å². The average Bonchev–Trinajstić information content (AvgIpc) is 2.72. The van der Waals surface area contributed by atoms with Crippen LogP contribution in [0.3, 0.4) is 0 Å². The van der Waals surface area contributed by atoms with Gasteiger partial charge in [0.2, 0.25) is 5.91 Å². The topological polar surface area (TPSA) is 66.5 Å². The molecule has 1 amide bonds. The van der Waals surface area contributed by atoms with Crippen LogP contribution >= 0.6 is 0 Å². The van der Waals surface area contributed by atoms with Crippen molar-refractivity contribution in [3.63, 3.8) is 0 Å². The first-order valence-electron chi connectivity index (χ1n) is 7.00. The second-order valence-electron chi connectivity index (χ2n) is 6.19. The molecule has 2 fully saturated rings. The van der Waals surface area contributed by atoms with Crippen molar-refractivity contribution in [2.24, 2.45) is 17.8 Å². The Morgan fingerprint density at radius 3 is 2.63 bits per heavy atom. The van der Waals surface area contributed by atoms with Crippen molar-refractivity contribution in [1.82, 2.24) is 10.2 Å². The van der Waals surface area contributed by atoms with Crippen LogP contribution < -0.4 is 5.32 Å². The first-order valence-corrected chi connectivity index (χ1v) is 8.72. The molecule has 2 saturated heterocycles. The number of amides is 1. The molecule has 0 spiro atoms. The summed E-state index contributed by atoms with van der Waals surface area (Å²) in [6.45, 7) is 6.50. The summed E-state index contributed by atoms with van der Waals surface area (Å²) in [6.07, 6.45) is 0.471. The maximum absolute atomic E-state index is 12.2. The van der Waals surface area contributed by atoms with E-state index < -0.39 is 9.84 Å². The summed E-state index contributed by atoms with van der Waals surface area (Å²) in [5.74, 6) is 0.493. The van der Waals surface area contributed by atoms with Gasteiger partial charge in [-0.2, -0.15) is 0 Å². The molecule has 3 atom stereocenters. The Morgan fingerprint density at radius 2 is 2.05 bits per heavy atom. The quantitative estimate of drug-likeness (QED) is 0.801. The van der Waals surface area contributed by atoms with Gasteiger partial charge in [-0.05, 0) is 12.3 Å². The Bertz CT molecular complexity index is 447. The zero-order chi connectivity index (χ0) is 14.2. The van der Waals surface area contributed by atoms with Gasteiger partial charge in [-0.1, -0.05) is 13.8 Å². The molecule has 0 unspecified atom stereocenters. The van der Waals surface area contributed by atoms with Crippen LogP contribution in [-0.2, 0) is 14.6 Å². The van der Waals surface area contributed by atoms with Crippen LogP contribution in [0.25, 0.3) is 0 Å². The highest BCUT2D eigenvalue weighted by Crippen LogP contribution is 2.37. The van der Waals surface area contributed by atoms with E-state index in [4.69, 9.17) is 0 Å². The lowest BCUT2D eigenvalue weighted by molar-refractivity contribution is -0.126. The first kappa shape index (κ1) is 14.8. The van der Waals surface area contributed by atoms with Crippen molar-refractivity contribution >= 4 is 15.7 Å². The number of likely N-dealkylation sites (tertiary alicyclic amines) is 1. The molecular formula is C13H24N2O3S. The number of carbonyl (C=O) groups excluding carboxylic acids is 1. The van der Waals surface area contributed by atoms with Crippen LogP contribution in [0.5, 0.6) is 0 Å². The van der Waals surface area contributed by atoms with Crippen LogP contribution in [0.4, 0.5) is 0 Å². The van der Waals surface area contributed by atoms with E-state index in [2.05, 4.69) is 24.1 Å². The standard InChI is InChI=1S/C13H24N2O3S/c1-9(2)6-15-7-11-10(13(16)14-3)4-5-19(17,18)12(11)8-15/h9-12H,4-8H2,1-3H3,(H,14,16)/t10-,11+,12+/m0/s1. The lowest BCUT2D eigenvalue weighted by atomic mass is 9.87. The third kappa shape index (κ3) is 2.94. The molecule has 5 nitrogen and oxygen atoms in total. The van der Waals surface area contributed by atoms with E-state index in [0.717, 1.165) is 13.1 Å². The molecule has 0 radical (unpaired) electrons. The van der Waals surface area contributed by atoms with Gasteiger partial charge in [0.1, 0.15) is 0 Å². The molecule has 19 heavy (non-hydrogen) atoms. The zero-order valence-electron chi connectivity index (χ0n) is 11.9. The monoisotopic (exact) mass is 288 g/mol. The van der Waals surface area contributed by atoms with Gasteiger partial charge in [0.25, 0.3) is 0 Å². The van der Waals surface area contributed by atoms with E-state index >= 15 is 0 Å². The van der Waals surface area contributed by atoms with Gasteiger partial charge >= 0.3 is 0 Å². The average molecular weight is 288 g/mol. The molecule has 0 aromatic carbocycles. The zero-order valence-corrected chi connectivity index (χ0v) is 12.7. The molecule has 6 heteroatoms. The minimum Gasteiger partial charge on any atom is -0.359 e. The van der Waals surface area contributed by atoms with Gasteiger partial charge in [-0.25, -0.2) is 8.42 Å². The van der Waals surface area contributed by atoms with Crippen molar-refractivity contribution in [1.29, 1.82) is 0 Å². The Hall–Kier alpha value is -0.620. The second-order valence-corrected chi connectivity index (χ2v) is 8.53. The predicted octanol–water partition coefficient (Wildman–Crippen LogP) is 0.124. The van der Waals surface area contributed by atoms with Crippen molar-refractivity contribution in [2.75, 3.05) is 32.4 Å². The molecule has 0 aromatic heterocycles. The number of nitrogens with one attached hydrogen (secondary N) is 1. The fraction of sp³-hybridized carbons (Fsp3) is 0.923. The molecule has 2 heterocycles. The summed E-state index contributed by atoms with van der Waals surface area (Å²) < 4.78 is 24.4. The number of sulfone groups is 1. The van der Waals surface area contributed by atoms with Crippen LogP contribution in [0.1, 0.15) is 20.3 Å². The summed E-state index contributed by atoms with van der Waals surface area (Å²) in [4.78, 5) is 14.1. The summed E-state index contributed by atoms with van der Waals surface area (Å²) in [6, 6.07) is 0. The summed E-state index contributed by atoms with van der Waals surface area (Å²) >= 11 is 0. The molecule has 110 valence electrons. The number of hydrogen-bond acceptors (Lipinski definition) is 4.